The van der Waals surface area contributed by atoms with Crippen LogP contribution >= 0.6 is 9.24 Å². The van der Waals surface area contributed by atoms with Gasteiger partial charge in [-0.25, -0.2) is 0 Å². The molecule has 2 unspecified atom stereocenters. The third kappa shape index (κ3) is 1.26. The predicted molar refractivity (Wildman–Crippen MR) is 40.7 cm³/mol. The van der Waals surface area contributed by atoms with Crippen molar-refractivity contribution in [3.63, 3.8) is 0 Å². The summed E-state index contributed by atoms with van der Waals surface area (Å²) < 4.78 is 0. The molecule has 0 aliphatic heterocycles. The van der Waals surface area contributed by atoms with E-state index in [2.05, 4.69) is 9.24 Å². The number of allylic oxidation sites excluding steroid dienone is 2. The number of aliphatic hydroxyl groups is 1. The van der Waals surface area contributed by atoms with E-state index >= 15 is 0 Å². The summed E-state index contributed by atoms with van der Waals surface area (Å²) in [5.41, 5.74) is 0.266. The maximum absolute atomic E-state index is 8.98. The first-order chi connectivity index (χ1) is 4.22. The van der Waals surface area contributed by atoms with Crippen LogP contribution in [0.2, 0.25) is 0 Å². The summed E-state index contributed by atoms with van der Waals surface area (Å²) in [7, 11) is 2.39. The molecule has 1 aliphatic carbocycles. The molecule has 3 heteroatoms. The summed E-state index contributed by atoms with van der Waals surface area (Å²) in [6.45, 7) is 0. The Labute approximate surface area is 56.0 Å². The summed E-state index contributed by atoms with van der Waals surface area (Å²) in [4.78, 5) is 0. The van der Waals surface area contributed by atoms with E-state index in [1.165, 1.54) is 0 Å². The molecule has 2 nitrogen and oxygen atoms in total. The zero-order valence-electron chi connectivity index (χ0n) is 4.83. The van der Waals surface area contributed by atoms with Gasteiger partial charge in [0.1, 0.15) is 6.10 Å². The van der Waals surface area contributed by atoms with Gasteiger partial charge in [-0.3, -0.25) is 0 Å². The first kappa shape index (κ1) is 6.66. The van der Waals surface area contributed by atoms with Crippen molar-refractivity contribution in [2.75, 3.05) is 0 Å². The van der Waals surface area contributed by atoms with Gasteiger partial charge in [0, 0.05) is 0 Å². The molecule has 0 bridgehead atoms. The van der Waals surface area contributed by atoms with Crippen molar-refractivity contribution in [2.24, 2.45) is 0 Å². The third-order valence-electron chi connectivity index (χ3n) is 1.18. The first-order valence-corrected chi connectivity index (χ1v) is 3.20. The topological polar surface area (TPSA) is 44.1 Å². The molecule has 0 aromatic heterocycles. The van der Waals surface area contributed by atoms with Crippen molar-refractivity contribution in [3.05, 3.63) is 23.5 Å². The Balaban J connectivity index is 2.86. The standard InChI is InChI=1S/C6H8NOP/c7-6-4(8)2-1-3-5(6)9/h1-4,7-8H,9H2. The van der Waals surface area contributed by atoms with Crippen molar-refractivity contribution in [1.82, 2.24) is 0 Å². The van der Waals surface area contributed by atoms with E-state index in [0.29, 0.717) is 0 Å². The lowest BCUT2D eigenvalue weighted by Crippen LogP contribution is -2.18. The maximum atomic E-state index is 8.98. The number of hydrogen-bond donors (Lipinski definition) is 2. The Bertz CT molecular complexity index is 195. The summed E-state index contributed by atoms with van der Waals surface area (Å²) >= 11 is 0. The van der Waals surface area contributed by atoms with Gasteiger partial charge in [0.25, 0.3) is 0 Å². The van der Waals surface area contributed by atoms with Crippen LogP contribution in [0.4, 0.5) is 0 Å². The quantitative estimate of drug-likeness (QED) is 0.479. The number of nitrogens with one attached hydrogen (secondary N) is 1. The summed E-state index contributed by atoms with van der Waals surface area (Å²) in [6, 6.07) is 0. The van der Waals surface area contributed by atoms with Crippen molar-refractivity contribution in [2.45, 2.75) is 6.10 Å². The molecular formula is C6H8NOP. The molecular weight excluding hydrogens is 133 g/mol. The largest absolute Gasteiger partial charge is 0.383 e. The van der Waals surface area contributed by atoms with E-state index in [4.69, 9.17) is 10.5 Å². The monoisotopic (exact) mass is 141 g/mol. The Kier molecular flexibility index (Phi) is 1.79. The molecule has 0 saturated carbocycles. The van der Waals surface area contributed by atoms with Crippen LogP contribution in [0.3, 0.4) is 0 Å². The van der Waals surface area contributed by atoms with Gasteiger partial charge in [-0.2, -0.15) is 0 Å². The van der Waals surface area contributed by atoms with E-state index < -0.39 is 6.10 Å². The van der Waals surface area contributed by atoms with Crippen LogP contribution in [0.25, 0.3) is 0 Å². The average molecular weight is 141 g/mol. The van der Waals surface area contributed by atoms with Crippen molar-refractivity contribution < 1.29 is 5.11 Å². The summed E-state index contributed by atoms with van der Waals surface area (Å²) in [6.07, 6.45) is 4.39. The van der Waals surface area contributed by atoms with Crippen molar-refractivity contribution in [3.8, 4) is 0 Å². The van der Waals surface area contributed by atoms with Crippen LogP contribution in [0.1, 0.15) is 0 Å². The Morgan fingerprint density at radius 2 is 2.33 bits per heavy atom. The highest BCUT2D eigenvalue weighted by atomic mass is 31.0. The van der Waals surface area contributed by atoms with Gasteiger partial charge in [-0.1, -0.05) is 18.2 Å². The zero-order valence-corrected chi connectivity index (χ0v) is 5.99. The highest BCUT2D eigenvalue weighted by Crippen LogP contribution is 2.14. The zero-order chi connectivity index (χ0) is 6.85. The summed E-state index contributed by atoms with van der Waals surface area (Å²) in [5, 5.41) is 16.9. The summed E-state index contributed by atoms with van der Waals surface area (Å²) in [5.74, 6) is 0. The molecule has 48 valence electrons. The predicted octanol–water partition coefficient (Wildman–Crippen LogP) is 0.696. The molecule has 0 amide bonds. The molecule has 2 atom stereocenters. The van der Waals surface area contributed by atoms with Crippen molar-refractivity contribution in [1.29, 1.82) is 5.41 Å². The smallest absolute Gasteiger partial charge is 0.114 e. The Morgan fingerprint density at radius 1 is 1.67 bits per heavy atom. The fraction of sp³-hybridized carbons (Fsp3) is 0.167. The molecule has 0 saturated heterocycles. The lowest BCUT2D eigenvalue weighted by molar-refractivity contribution is 0.288. The van der Waals surface area contributed by atoms with Crippen LogP contribution in [0, 0.1) is 5.41 Å². The average Bonchev–Trinajstić information content (AvgIpc) is 1.83. The van der Waals surface area contributed by atoms with E-state index in [-0.39, 0.29) is 5.71 Å². The minimum Gasteiger partial charge on any atom is -0.383 e. The maximum Gasteiger partial charge on any atom is 0.114 e. The van der Waals surface area contributed by atoms with E-state index in [1.54, 1.807) is 18.2 Å². The minimum atomic E-state index is -0.706. The fourth-order valence-electron chi connectivity index (χ4n) is 0.621. The van der Waals surface area contributed by atoms with Crippen LogP contribution in [-0.2, 0) is 0 Å². The molecule has 9 heavy (non-hydrogen) atoms. The van der Waals surface area contributed by atoms with Gasteiger partial charge in [0.2, 0.25) is 0 Å². The second kappa shape index (κ2) is 2.42. The fourth-order valence-corrected chi connectivity index (χ4v) is 0.903. The lowest BCUT2D eigenvalue weighted by Gasteiger charge is -2.10. The molecule has 0 fully saturated rings. The van der Waals surface area contributed by atoms with Crippen LogP contribution in [-0.4, -0.2) is 16.9 Å². The van der Waals surface area contributed by atoms with Crippen LogP contribution in [0.5, 0.6) is 0 Å². The highest BCUT2D eigenvalue weighted by Gasteiger charge is 2.10. The number of aliphatic hydroxyl groups excluding tert-OH is 1. The molecule has 0 radical (unpaired) electrons. The number of hydrogen-bond acceptors (Lipinski definition) is 2. The Hall–Kier alpha value is -0.460. The van der Waals surface area contributed by atoms with Crippen molar-refractivity contribution >= 4 is 15.0 Å². The molecule has 1 rings (SSSR count). The third-order valence-corrected chi connectivity index (χ3v) is 1.68. The first-order valence-electron chi connectivity index (χ1n) is 2.62. The van der Waals surface area contributed by atoms with Gasteiger partial charge in [-0.15, -0.1) is 9.24 Å². The second-order valence-electron chi connectivity index (χ2n) is 1.87. The molecule has 2 N–H and O–H groups in total. The molecule has 0 heterocycles. The highest BCUT2D eigenvalue weighted by molar-refractivity contribution is 7.25. The van der Waals surface area contributed by atoms with Gasteiger partial charge in [0.15, 0.2) is 0 Å². The van der Waals surface area contributed by atoms with Crippen LogP contribution in [0.15, 0.2) is 23.5 Å². The van der Waals surface area contributed by atoms with E-state index in [0.717, 1.165) is 5.31 Å². The molecule has 0 aromatic rings. The van der Waals surface area contributed by atoms with Gasteiger partial charge < -0.3 is 10.5 Å². The van der Waals surface area contributed by atoms with Gasteiger partial charge >= 0.3 is 0 Å². The molecule has 0 spiro atoms. The Morgan fingerprint density at radius 3 is 2.78 bits per heavy atom. The van der Waals surface area contributed by atoms with Gasteiger partial charge in [0.05, 0.1) is 5.71 Å². The minimum absolute atomic E-state index is 0.266. The van der Waals surface area contributed by atoms with Crippen LogP contribution < -0.4 is 0 Å². The second-order valence-corrected chi connectivity index (χ2v) is 2.49. The molecule has 0 aromatic carbocycles. The SMILES string of the molecule is N=C1C(P)=CC=CC1O. The van der Waals surface area contributed by atoms with E-state index in [1.807, 2.05) is 0 Å². The normalized spacial score (nSPS) is 26.2. The van der Waals surface area contributed by atoms with Gasteiger partial charge in [-0.05, 0) is 5.31 Å². The lowest BCUT2D eigenvalue weighted by atomic mass is 10.1. The molecule has 1 aliphatic rings. The van der Waals surface area contributed by atoms with E-state index in [9.17, 15) is 0 Å². The number of rotatable bonds is 0.